The van der Waals surface area contributed by atoms with Gasteiger partial charge in [-0.2, -0.15) is 4.98 Å². The molecule has 126 valence electrons. The van der Waals surface area contributed by atoms with E-state index < -0.39 is 0 Å². The van der Waals surface area contributed by atoms with Crippen LogP contribution in [-0.4, -0.2) is 25.1 Å². The lowest BCUT2D eigenvalue weighted by atomic mass is 10.2. The monoisotopic (exact) mass is 335 g/mol. The number of rotatable bonds is 6. The van der Waals surface area contributed by atoms with Crippen molar-refractivity contribution in [1.82, 2.24) is 25.1 Å². The van der Waals surface area contributed by atoms with E-state index in [-0.39, 0.29) is 6.61 Å². The number of nitrogens with zero attached hydrogens (tertiary/aromatic N) is 5. The van der Waals surface area contributed by atoms with Crippen molar-refractivity contribution in [3.05, 3.63) is 54.4 Å². The Morgan fingerprint density at radius 3 is 2.84 bits per heavy atom. The van der Waals surface area contributed by atoms with Crippen LogP contribution in [0, 0.1) is 0 Å². The van der Waals surface area contributed by atoms with Crippen molar-refractivity contribution < 1.29 is 9.26 Å². The van der Waals surface area contributed by atoms with Crippen LogP contribution < -0.4 is 4.74 Å². The smallest absolute Gasteiger partial charge is 0.264 e. The largest absolute Gasteiger partial charge is 0.484 e. The van der Waals surface area contributed by atoms with Crippen molar-refractivity contribution in [1.29, 1.82) is 0 Å². The van der Waals surface area contributed by atoms with E-state index in [2.05, 4.69) is 27.4 Å². The molecule has 0 aliphatic heterocycles. The van der Waals surface area contributed by atoms with Gasteiger partial charge in [0.2, 0.25) is 5.82 Å². The topological polar surface area (TPSA) is 78.9 Å². The number of hydrogen-bond donors (Lipinski definition) is 0. The van der Waals surface area contributed by atoms with Crippen LogP contribution >= 0.6 is 0 Å². The van der Waals surface area contributed by atoms with Gasteiger partial charge in [0.1, 0.15) is 11.3 Å². The number of para-hydroxylation sites is 1. The number of aryl methyl sites for hydroxylation is 1. The fourth-order valence-electron chi connectivity index (χ4n) is 2.58. The summed E-state index contributed by atoms with van der Waals surface area (Å²) in [6.45, 7) is 3.19. The van der Waals surface area contributed by atoms with Crippen LogP contribution in [0.15, 0.2) is 53.1 Å². The molecule has 2 aromatic carbocycles. The Bertz CT molecular complexity index is 977. The molecule has 7 nitrogen and oxygen atoms in total. The predicted octanol–water partition coefficient (Wildman–Crippen LogP) is 3.47. The van der Waals surface area contributed by atoms with E-state index >= 15 is 0 Å². The minimum absolute atomic E-state index is 0.228. The number of ether oxygens (including phenoxy) is 1. The molecule has 0 unspecified atom stereocenters. The minimum atomic E-state index is 0.228. The van der Waals surface area contributed by atoms with Crippen LogP contribution in [0.25, 0.3) is 22.4 Å². The highest BCUT2D eigenvalue weighted by atomic mass is 16.5. The zero-order valence-corrected chi connectivity index (χ0v) is 13.8. The molecule has 0 radical (unpaired) electrons. The van der Waals surface area contributed by atoms with Gasteiger partial charge in [-0.15, -0.1) is 5.10 Å². The van der Waals surface area contributed by atoms with E-state index in [1.165, 1.54) is 0 Å². The third-order valence-corrected chi connectivity index (χ3v) is 3.78. The molecule has 0 atom stereocenters. The zero-order valence-electron chi connectivity index (χ0n) is 13.8. The van der Waals surface area contributed by atoms with Crippen LogP contribution in [0.5, 0.6) is 5.75 Å². The molecule has 0 amide bonds. The maximum Gasteiger partial charge on any atom is 0.264 e. The van der Waals surface area contributed by atoms with E-state index in [1.54, 1.807) is 0 Å². The fourth-order valence-corrected chi connectivity index (χ4v) is 2.58. The lowest BCUT2D eigenvalue weighted by Crippen LogP contribution is -1.98. The second-order valence-corrected chi connectivity index (χ2v) is 5.63. The first-order chi connectivity index (χ1) is 12.3. The van der Waals surface area contributed by atoms with E-state index in [1.807, 2.05) is 53.2 Å². The summed E-state index contributed by atoms with van der Waals surface area (Å²) in [5, 5.41) is 12.4. The fraction of sp³-hybridized carbons (Fsp3) is 0.222. The average molecular weight is 335 g/mol. The summed E-state index contributed by atoms with van der Waals surface area (Å²) in [6.07, 6.45) is 1.01. The van der Waals surface area contributed by atoms with Gasteiger partial charge in [0.15, 0.2) is 6.61 Å². The lowest BCUT2D eigenvalue weighted by molar-refractivity contribution is 0.243. The Morgan fingerprint density at radius 2 is 2.00 bits per heavy atom. The summed E-state index contributed by atoms with van der Waals surface area (Å²) in [5.41, 5.74) is 2.66. The highest BCUT2D eigenvalue weighted by Crippen LogP contribution is 2.21. The van der Waals surface area contributed by atoms with E-state index in [0.717, 1.165) is 35.3 Å². The molecule has 7 heteroatoms. The molecule has 0 N–H and O–H groups in total. The van der Waals surface area contributed by atoms with Gasteiger partial charge in [-0.3, -0.25) is 0 Å². The molecule has 0 saturated heterocycles. The summed E-state index contributed by atoms with van der Waals surface area (Å²) in [5.74, 6) is 1.70. The summed E-state index contributed by atoms with van der Waals surface area (Å²) < 4.78 is 12.8. The van der Waals surface area contributed by atoms with Crippen molar-refractivity contribution in [3.8, 4) is 17.1 Å². The minimum Gasteiger partial charge on any atom is -0.484 e. The third kappa shape index (κ3) is 3.21. The van der Waals surface area contributed by atoms with Gasteiger partial charge in [-0.25, -0.2) is 4.68 Å². The van der Waals surface area contributed by atoms with Gasteiger partial charge >= 0.3 is 0 Å². The Balaban J connectivity index is 1.52. The summed E-state index contributed by atoms with van der Waals surface area (Å²) in [6, 6.07) is 15.4. The van der Waals surface area contributed by atoms with Crippen LogP contribution in [0.4, 0.5) is 0 Å². The van der Waals surface area contributed by atoms with Crippen LogP contribution in [-0.2, 0) is 13.2 Å². The summed E-state index contributed by atoms with van der Waals surface area (Å²) in [4.78, 5) is 4.39. The predicted molar refractivity (Wildman–Crippen MR) is 91.9 cm³/mol. The maximum atomic E-state index is 5.62. The second-order valence-electron chi connectivity index (χ2n) is 5.63. The van der Waals surface area contributed by atoms with Gasteiger partial charge in [0.05, 0.1) is 5.52 Å². The van der Waals surface area contributed by atoms with Gasteiger partial charge in [-0.05, 0) is 36.8 Å². The highest BCUT2D eigenvalue weighted by Gasteiger charge is 2.12. The van der Waals surface area contributed by atoms with Gasteiger partial charge in [0.25, 0.3) is 5.89 Å². The lowest BCUT2D eigenvalue weighted by Gasteiger charge is -2.01. The van der Waals surface area contributed by atoms with Crippen molar-refractivity contribution in [2.75, 3.05) is 0 Å². The number of fused-ring (bicyclic) bond motifs is 1. The molecule has 0 fully saturated rings. The first-order valence-corrected chi connectivity index (χ1v) is 8.17. The van der Waals surface area contributed by atoms with Crippen molar-refractivity contribution >= 4 is 11.0 Å². The molecule has 0 spiro atoms. The molecule has 0 bridgehead atoms. The third-order valence-electron chi connectivity index (χ3n) is 3.78. The van der Waals surface area contributed by atoms with E-state index in [0.29, 0.717) is 11.7 Å². The number of hydrogen-bond acceptors (Lipinski definition) is 6. The first-order valence-electron chi connectivity index (χ1n) is 8.17. The van der Waals surface area contributed by atoms with Crippen LogP contribution in [0.3, 0.4) is 0 Å². The number of aromatic nitrogens is 5. The molecule has 4 aromatic rings. The van der Waals surface area contributed by atoms with Crippen LogP contribution in [0.1, 0.15) is 19.2 Å². The van der Waals surface area contributed by atoms with E-state index in [4.69, 9.17) is 9.26 Å². The zero-order chi connectivity index (χ0) is 17.1. The molecule has 0 aliphatic carbocycles. The van der Waals surface area contributed by atoms with Gasteiger partial charge < -0.3 is 9.26 Å². The SMILES string of the molecule is CCCn1nnc2cc(-c3noc(COc4ccccc4)n3)ccc21. The van der Waals surface area contributed by atoms with Gasteiger partial charge in [-0.1, -0.05) is 35.5 Å². The Labute approximate surface area is 144 Å². The summed E-state index contributed by atoms with van der Waals surface area (Å²) in [7, 11) is 0. The van der Waals surface area contributed by atoms with Gasteiger partial charge in [0, 0.05) is 12.1 Å². The molecular weight excluding hydrogens is 318 g/mol. The normalized spacial score (nSPS) is 11.1. The molecular formula is C18H17N5O2. The molecule has 2 aromatic heterocycles. The van der Waals surface area contributed by atoms with Crippen molar-refractivity contribution in [3.63, 3.8) is 0 Å². The molecule has 2 heterocycles. The molecule has 0 saturated carbocycles. The Morgan fingerprint density at radius 1 is 1.12 bits per heavy atom. The first kappa shape index (κ1) is 15.3. The maximum absolute atomic E-state index is 5.62. The molecule has 4 rings (SSSR count). The second kappa shape index (κ2) is 6.72. The molecule has 0 aliphatic rings. The highest BCUT2D eigenvalue weighted by molar-refractivity contribution is 5.79. The Hall–Kier alpha value is -3.22. The van der Waals surface area contributed by atoms with Crippen molar-refractivity contribution in [2.24, 2.45) is 0 Å². The van der Waals surface area contributed by atoms with E-state index in [9.17, 15) is 0 Å². The quantitative estimate of drug-likeness (QED) is 0.537. The van der Waals surface area contributed by atoms with Crippen molar-refractivity contribution in [2.45, 2.75) is 26.5 Å². The number of benzene rings is 2. The Kier molecular flexibility index (Phi) is 4.12. The summed E-state index contributed by atoms with van der Waals surface area (Å²) >= 11 is 0. The van der Waals surface area contributed by atoms with Crippen LogP contribution in [0.2, 0.25) is 0 Å². The average Bonchev–Trinajstić information content (AvgIpc) is 3.28. The molecule has 25 heavy (non-hydrogen) atoms. The standard InChI is InChI=1S/C18H17N5O2/c1-2-10-23-16-9-8-13(11-15(16)20-22-23)18-19-17(25-21-18)12-24-14-6-4-3-5-7-14/h3-9,11H,2,10,12H2,1H3.